The second kappa shape index (κ2) is 18.2. The molecule has 0 fully saturated rings. The van der Waals surface area contributed by atoms with E-state index in [1.54, 1.807) is 6.92 Å². The molecule has 0 saturated carbocycles. The van der Waals surface area contributed by atoms with Crippen LogP contribution < -0.4 is 5.32 Å². The van der Waals surface area contributed by atoms with E-state index in [0.29, 0.717) is 0 Å². The summed E-state index contributed by atoms with van der Waals surface area (Å²) in [5.41, 5.74) is 0. The zero-order valence-corrected chi connectivity index (χ0v) is 17.3. The van der Waals surface area contributed by atoms with Crippen LogP contribution in [0.3, 0.4) is 0 Å². The average Bonchev–Trinajstić information content (AvgIpc) is 2.60. The van der Waals surface area contributed by atoms with Crippen LogP contribution in [-0.2, 0) is 4.79 Å². The Kier molecular flexibility index (Phi) is 17.8. The quantitative estimate of drug-likeness (QED) is 0.263. The first-order valence-corrected chi connectivity index (χ1v) is 11.0. The van der Waals surface area contributed by atoms with Gasteiger partial charge in [0.25, 0.3) is 0 Å². The lowest BCUT2D eigenvalue weighted by Crippen LogP contribution is -2.29. The molecule has 0 aliphatic carbocycles. The molecule has 2 unspecified atom stereocenters. The second-order valence-electron chi connectivity index (χ2n) is 7.90. The molecule has 150 valence electrons. The number of carbonyl (C=O) groups is 1. The maximum absolute atomic E-state index is 10.9. The number of hydrogen-bond acceptors (Lipinski definition) is 2. The highest BCUT2D eigenvalue weighted by atomic mass is 16.4. The van der Waals surface area contributed by atoms with Gasteiger partial charge in [0.2, 0.25) is 0 Å². The first-order chi connectivity index (χ1) is 12.1. The predicted molar refractivity (Wildman–Crippen MR) is 109 cm³/mol. The third-order valence-electron chi connectivity index (χ3n) is 5.42. The van der Waals surface area contributed by atoms with Crippen LogP contribution in [0.4, 0.5) is 0 Å². The van der Waals surface area contributed by atoms with Gasteiger partial charge in [0.05, 0.1) is 5.92 Å². The van der Waals surface area contributed by atoms with Crippen LogP contribution in [0, 0.1) is 11.8 Å². The molecule has 0 heterocycles. The van der Waals surface area contributed by atoms with Gasteiger partial charge >= 0.3 is 5.97 Å². The van der Waals surface area contributed by atoms with Crippen molar-refractivity contribution >= 4 is 5.97 Å². The molecule has 2 N–H and O–H groups in total. The molecule has 0 aliphatic rings. The fourth-order valence-electron chi connectivity index (χ4n) is 3.19. The van der Waals surface area contributed by atoms with Crippen LogP contribution in [0.2, 0.25) is 0 Å². The summed E-state index contributed by atoms with van der Waals surface area (Å²) < 4.78 is 0. The summed E-state index contributed by atoms with van der Waals surface area (Å²) in [5.74, 6) is -0.751. The highest BCUT2D eigenvalue weighted by Crippen LogP contribution is 2.13. The Morgan fingerprint density at radius 2 is 1.16 bits per heavy atom. The monoisotopic (exact) mass is 355 g/mol. The molecule has 0 aromatic heterocycles. The maximum Gasteiger partial charge on any atom is 0.306 e. The van der Waals surface area contributed by atoms with Gasteiger partial charge in [-0.3, -0.25) is 4.79 Å². The van der Waals surface area contributed by atoms with Crippen molar-refractivity contribution in [1.82, 2.24) is 5.32 Å². The van der Waals surface area contributed by atoms with Crippen LogP contribution in [0.1, 0.15) is 111 Å². The molecular formula is C22H45NO2. The van der Waals surface area contributed by atoms with E-state index in [2.05, 4.69) is 12.2 Å². The maximum atomic E-state index is 10.9. The Labute approximate surface area is 157 Å². The molecule has 0 bridgehead atoms. The van der Waals surface area contributed by atoms with Crippen molar-refractivity contribution in [2.24, 2.45) is 11.8 Å². The second-order valence-corrected chi connectivity index (χ2v) is 7.90. The largest absolute Gasteiger partial charge is 0.481 e. The van der Waals surface area contributed by atoms with E-state index in [1.165, 1.54) is 89.9 Å². The Bertz CT molecular complexity index is 294. The lowest BCUT2D eigenvalue weighted by molar-refractivity contribution is -0.142. The number of hydrogen-bond donors (Lipinski definition) is 2. The fraction of sp³-hybridized carbons (Fsp3) is 0.955. The Morgan fingerprint density at radius 3 is 1.56 bits per heavy atom. The topological polar surface area (TPSA) is 49.3 Å². The van der Waals surface area contributed by atoms with Crippen molar-refractivity contribution in [3.8, 4) is 0 Å². The highest BCUT2D eigenvalue weighted by molar-refractivity contribution is 5.69. The van der Waals surface area contributed by atoms with Crippen LogP contribution >= 0.6 is 0 Å². The molecule has 0 amide bonds. The SMILES string of the molecule is CCCCCCCCCCCCCCCCNCC(C)C(C)C(=O)O. The van der Waals surface area contributed by atoms with Gasteiger partial charge in [0, 0.05) is 0 Å². The molecule has 0 saturated heterocycles. The zero-order chi connectivity index (χ0) is 18.8. The number of aliphatic carboxylic acids is 1. The van der Waals surface area contributed by atoms with Gasteiger partial charge in [-0.05, 0) is 25.4 Å². The fourth-order valence-corrected chi connectivity index (χ4v) is 3.19. The molecule has 0 rings (SSSR count). The third-order valence-corrected chi connectivity index (χ3v) is 5.42. The summed E-state index contributed by atoms with van der Waals surface area (Å²) in [7, 11) is 0. The van der Waals surface area contributed by atoms with Crippen LogP contribution in [-0.4, -0.2) is 24.2 Å². The van der Waals surface area contributed by atoms with Crippen molar-refractivity contribution in [1.29, 1.82) is 0 Å². The van der Waals surface area contributed by atoms with Crippen molar-refractivity contribution in [2.45, 2.75) is 111 Å². The molecule has 0 radical (unpaired) electrons. The van der Waals surface area contributed by atoms with Crippen molar-refractivity contribution in [2.75, 3.05) is 13.1 Å². The first-order valence-electron chi connectivity index (χ1n) is 11.0. The Hall–Kier alpha value is -0.570. The molecule has 0 aliphatic heterocycles. The van der Waals surface area contributed by atoms with E-state index in [1.807, 2.05) is 6.92 Å². The van der Waals surface area contributed by atoms with Crippen molar-refractivity contribution in [3.05, 3.63) is 0 Å². The standard InChI is InChI=1S/C22H45NO2/c1-4-5-6-7-8-9-10-11-12-13-14-15-16-17-18-23-19-20(2)21(3)22(24)25/h20-21,23H,4-19H2,1-3H3,(H,24,25). The summed E-state index contributed by atoms with van der Waals surface area (Å²) in [6, 6.07) is 0. The molecule has 0 aromatic carbocycles. The van der Waals surface area contributed by atoms with Crippen LogP contribution in [0.15, 0.2) is 0 Å². The summed E-state index contributed by atoms with van der Waals surface area (Å²) in [5, 5.41) is 12.4. The lowest BCUT2D eigenvalue weighted by Gasteiger charge is -2.16. The van der Waals surface area contributed by atoms with Crippen LogP contribution in [0.25, 0.3) is 0 Å². The number of rotatable bonds is 19. The minimum atomic E-state index is -0.689. The minimum absolute atomic E-state index is 0.198. The molecule has 0 spiro atoms. The van der Waals surface area contributed by atoms with Gasteiger partial charge in [0.1, 0.15) is 0 Å². The zero-order valence-electron chi connectivity index (χ0n) is 17.3. The van der Waals surface area contributed by atoms with E-state index < -0.39 is 5.97 Å². The van der Waals surface area contributed by atoms with E-state index >= 15 is 0 Å². The molecule has 2 atom stereocenters. The number of unbranched alkanes of at least 4 members (excludes halogenated alkanes) is 13. The molecule has 25 heavy (non-hydrogen) atoms. The van der Waals surface area contributed by atoms with Gasteiger partial charge in [-0.15, -0.1) is 0 Å². The van der Waals surface area contributed by atoms with Crippen molar-refractivity contribution < 1.29 is 9.90 Å². The van der Waals surface area contributed by atoms with Gasteiger partial charge < -0.3 is 10.4 Å². The molecule has 3 nitrogen and oxygen atoms in total. The predicted octanol–water partition coefficient (Wildman–Crippen LogP) is 6.41. The van der Waals surface area contributed by atoms with E-state index in [4.69, 9.17) is 5.11 Å². The molecule has 0 aromatic rings. The number of carboxylic acids is 1. The van der Waals surface area contributed by atoms with E-state index in [-0.39, 0.29) is 11.8 Å². The summed E-state index contributed by atoms with van der Waals surface area (Å²) in [6.45, 7) is 7.92. The molecule has 3 heteroatoms. The Morgan fingerprint density at radius 1 is 0.760 bits per heavy atom. The average molecular weight is 356 g/mol. The summed E-state index contributed by atoms with van der Waals surface area (Å²) in [4.78, 5) is 10.9. The van der Waals surface area contributed by atoms with Crippen LogP contribution in [0.5, 0.6) is 0 Å². The number of nitrogens with one attached hydrogen (secondary N) is 1. The van der Waals surface area contributed by atoms with E-state index in [0.717, 1.165) is 13.1 Å². The van der Waals surface area contributed by atoms with E-state index in [9.17, 15) is 4.79 Å². The van der Waals surface area contributed by atoms with Gasteiger partial charge in [-0.1, -0.05) is 104 Å². The third kappa shape index (κ3) is 16.6. The normalized spacial score (nSPS) is 13.7. The first kappa shape index (κ1) is 24.4. The van der Waals surface area contributed by atoms with Crippen molar-refractivity contribution in [3.63, 3.8) is 0 Å². The number of carboxylic acid groups (broad SMARTS) is 1. The minimum Gasteiger partial charge on any atom is -0.481 e. The highest BCUT2D eigenvalue weighted by Gasteiger charge is 2.18. The smallest absolute Gasteiger partial charge is 0.306 e. The molecular weight excluding hydrogens is 310 g/mol. The summed E-state index contributed by atoms with van der Waals surface area (Å²) in [6.07, 6.45) is 19.4. The van der Waals surface area contributed by atoms with Gasteiger partial charge in [-0.2, -0.15) is 0 Å². The van der Waals surface area contributed by atoms with Gasteiger partial charge in [-0.25, -0.2) is 0 Å². The lowest BCUT2D eigenvalue weighted by atomic mass is 9.96. The summed E-state index contributed by atoms with van der Waals surface area (Å²) >= 11 is 0. The Balaban J connectivity index is 3.15. The van der Waals surface area contributed by atoms with Gasteiger partial charge in [0.15, 0.2) is 0 Å².